The maximum Gasteiger partial charge on any atom is 0.0573 e. The third-order valence-corrected chi connectivity index (χ3v) is 3.33. The maximum atomic E-state index is 9.39. The van der Waals surface area contributed by atoms with E-state index in [0.29, 0.717) is 5.92 Å². The molecule has 0 radical (unpaired) electrons. The van der Waals surface area contributed by atoms with Gasteiger partial charge in [-0.05, 0) is 37.0 Å². The molecule has 2 fully saturated rings. The molecule has 1 N–H and O–H groups in total. The first-order valence-electron chi connectivity index (χ1n) is 3.97. The lowest BCUT2D eigenvalue weighted by molar-refractivity contribution is 0.108. The lowest BCUT2D eigenvalue weighted by Crippen LogP contribution is -2.16. The molecule has 9 heavy (non-hydrogen) atoms. The van der Waals surface area contributed by atoms with Crippen LogP contribution in [0.15, 0.2) is 0 Å². The van der Waals surface area contributed by atoms with Crippen molar-refractivity contribution in [2.75, 3.05) is 0 Å². The van der Waals surface area contributed by atoms with Gasteiger partial charge in [-0.25, -0.2) is 0 Å². The lowest BCUT2D eigenvalue weighted by Gasteiger charge is -2.14. The zero-order valence-corrected chi connectivity index (χ0v) is 5.88. The van der Waals surface area contributed by atoms with Gasteiger partial charge in [-0.15, -0.1) is 0 Å². The number of fused-ring (bicyclic) bond motifs is 2. The Labute approximate surface area is 56.1 Å². The highest BCUT2D eigenvalue weighted by molar-refractivity contribution is 4.94. The molecule has 0 aromatic rings. The number of rotatable bonds is 0. The van der Waals surface area contributed by atoms with Crippen molar-refractivity contribution < 1.29 is 5.11 Å². The van der Waals surface area contributed by atoms with Crippen LogP contribution >= 0.6 is 0 Å². The Bertz CT molecular complexity index is 122. The van der Waals surface area contributed by atoms with E-state index in [9.17, 15) is 5.11 Å². The molecule has 1 heteroatoms. The van der Waals surface area contributed by atoms with Crippen LogP contribution in [0.1, 0.15) is 26.2 Å². The van der Waals surface area contributed by atoms with Crippen molar-refractivity contribution >= 4 is 0 Å². The van der Waals surface area contributed by atoms with E-state index in [2.05, 4.69) is 6.92 Å². The van der Waals surface area contributed by atoms with Crippen LogP contribution in [-0.2, 0) is 0 Å². The number of aliphatic hydroxyl groups is 1. The fourth-order valence-electron chi connectivity index (χ4n) is 2.64. The quantitative estimate of drug-likeness (QED) is 0.520. The Kier molecular flexibility index (Phi) is 1.10. The molecular formula is C8H14O. The topological polar surface area (TPSA) is 20.2 Å². The summed E-state index contributed by atoms with van der Waals surface area (Å²) in [6.07, 6.45) is 3.81. The molecule has 1 nitrogen and oxygen atoms in total. The Hall–Kier alpha value is -0.0400. The fraction of sp³-hybridized carbons (Fsp3) is 1.00. The first-order valence-corrected chi connectivity index (χ1v) is 3.97. The van der Waals surface area contributed by atoms with Crippen LogP contribution in [0, 0.1) is 17.8 Å². The minimum absolute atomic E-state index is 0.0544. The Morgan fingerprint density at radius 1 is 1.33 bits per heavy atom. The second-order valence-electron chi connectivity index (χ2n) is 3.66. The molecular weight excluding hydrogens is 112 g/mol. The van der Waals surface area contributed by atoms with Gasteiger partial charge < -0.3 is 5.11 Å². The van der Waals surface area contributed by atoms with E-state index < -0.39 is 0 Å². The van der Waals surface area contributed by atoms with Crippen LogP contribution in [0.2, 0.25) is 0 Å². The molecule has 0 aromatic carbocycles. The molecule has 2 aliphatic rings. The number of hydrogen-bond donors (Lipinski definition) is 1. The minimum Gasteiger partial charge on any atom is -0.393 e. The monoisotopic (exact) mass is 126 g/mol. The summed E-state index contributed by atoms with van der Waals surface area (Å²) in [6.45, 7) is 2.29. The number of hydrogen-bond acceptors (Lipinski definition) is 1. The SMILES string of the molecule is CC1[C@H]2CC[C@@H]1[C@H](O)C2. The summed E-state index contributed by atoms with van der Waals surface area (Å²) in [5.41, 5.74) is 0. The Morgan fingerprint density at radius 3 is 2.33 bits per heavy atom. The Morgan fingerprint density at radius 2 is 2.11 bits per heavy atom. The van der Waals surface area contributed by atoms with Gasteiger partial charge in [-0.2, -0.15) is 0 Å². The molecule has 2 rings (SSSR count). The highest BCUT2D eigenvalue weighted by Gasteiger charge is 2.44. The van der Waals surface area contributed by atoms with Gasteiger partial charge in [0.25, 0.3) is 0 Å². The summed E-state index contributed by atoms with van der Waals surface area (Å²) < 4.78 is 0. The van der Waals surface area contributed by atoms with E-state index in [4.69, 9.17) is 0 Å². The molecule has 0 saturated heterocycles. The van der Waals surface area contributed by atoms with Gasteiger partial charge in [-0.1, -0.05) is 6.92 Å². The molecule has 0 amide bonds. The standard InChI is InChI=1S/C8H14O/c1-5-6-2-3-7(5)8(9)4-6/h5-9H,2-4H2,1H3/t5?,6-,7-,8+/m0/s1. The van der Waals surface area contributed by atoms with Crippen molar-refractivity contribution in [1.82, 2.24) is 0 Å². The second-order valence-corrected chi connectivity index (χ2v) is 3.66. The van der Waals surface area contributed by atoms with Crippen LogP contribution in [-0.4, -0.2) is 11.2 Å². The molecule has 0 aromatic heterocycles. The molecule has 0 aliphatic heterocycles. The average molecular weight is 126 g/mol. The van der Waals surface area contributed by atoms with Crippen molar-refractivity contribution in [2.24, 2.45) is 17.8 Å². The summed E-state index contributed by atoms with van der Waals surface area (Å²) in [5, 5.41) is 9.39. The van der Waals surface area contributed by atoms with Gasteiger partial charge in [0.2, 0.25) is 0 Å². The minimum atomic E-state index is 0.0544. The summed E-state index contributed by atoms with van der Waals surface area (Å²) >= 11 is 0. The average Bonchev–Trinajstić information content (AvgIpc) is 2.25. The third kappa shape index (κ3) is 0.644. The van der Waals surface area contributed by atoms with Gasteiger partial charge in [0.15, 0.2) is 0 Å². The zero-order chi connectivity index (χ0) is 6.43. The molecule has 2 aliphatic carbocycles. The van der Waals surface area contributed by atoms with E-state index >= 15 is 0 Å². The van der Waals surface area contributed by atoms with Crippen molar-refractivity contribution in [3.63, 3.8) is 0 Å². The van der Waals surface area contributed by atoms with Crippen LogP contribution in [0.25, 0.3) is 0 Å². The second kappa shape index (κ2) is 1.72. The lowest BCUT2D eigenvalue weighted by atomic mass is 9.98. The highest BCUT2D eigenvalue weighted by atomic mass is 16.3. The van der Waals surface area contributed by atoms with Gasteiger partial charge in [0.1, 0.15) is 0 Å². The summed E-state index contributed by atoms with van der Waals surface area (Å²) in [7, 11) is 0. The first kappa shape index (κ1) is 5.72. The van der Waals surface area contributed by atoms with Crippen LogP contribution in [0.3, 0.4) is 0 Å². The van der Waals surface area contributed by atoms with E-state index in [1.807, 2.05) is 0 Å². The molecule has 52 valence electrons. The zero-order valence-electron chi connectivity index (χ0n) is 5.88. The molecule has 2 bridgehead atoms. The van der Waals surface area contributed by atoms with Crippen molar-refractivity contribution in [3.05, 3.63) is 0 Å². The van der Waals surface area contributed by atoms with E-state index in [0.717, 1.165) is 18.3 Å². The van der Waals surface area contributed by atoms with Gasteiger partial charge >= 0.3 is 0 Å². The first-order chi connectivity index (χ1) is 4.29. The molecule has 0 heterocycles. The summed E-state index contributed by atoms with van der Waals surface area (Å²) in [6, 6.07) is 0. The molecule has 4 atom stereocenters. The van der Waals surface area contributed by atoms with Crippen LogP contribution < -0.4 is 0 Å². The van der Waals surface area contributed by atoms with Crippen LogP contribution in [0.5, 0.6) is 0 Å². The van der Waals surface area contributed by atoms with E-state index in [1.54, 1.807) is 0 Å². The fourth-order valence-corrected chi connectivity index (χ4v) is 2.64. The number of aliphatic hydroxyl groups excluding tert-OH is 1. The smallest absolute Gasteiger partial charge is 0.0573 e. The molecule has 0 spiro atoms. The molecule has 2 saturated carbocycles. The molecule has 1 unspecified atom stereocenters. The van der Waals surface area contributed by atoms with Gasteiger partial charge in [0, 0.05) is 0 Å². The van der Waals surface area contributed by atoms with Crippen molar-refractivity contribution in [3.8, 4) is 0 Å². The summed E-state index contributed by atoms with van der Waals surface area (Å²) in [5.74, 6) is 2.35. The van der Waals surface area contributed by atoms with Crippen molar-refractivity contribution in [2.45, 2.75) is 32.3 Å². The highest BCUT2D eigenvalue weighted by Crippen LogP contribution is 2.48. The van der Waals surface area contributed by atoms with E-state index in [-0.39, 0.29) is 6.10 Å². The third-order valence-electron chi connectivity index (χ3n) is 3.33. The van der Waals surface area contributed by atoms with Crippen LogP contribution in [0.4, 0.5) is 0 Å². The van der Waals surface area contributed by atoms with Gasteiger partial charge in [-0.3, -0.25) is 0 Å². The predicted octanol–water partition coefficient (Wildman–Crippen LogP) is 1.41. The van der Waals surface area contributed by atoms with E-state index in [1.165, 1.54) is 12.8 Å². The Balaban J connectivity index is 2.16. The maximum absolute atomic E-state index is 9.39. The summed E-state index contributed by atoms with van der Waals surface area (Å²) in [4.78, 5) is 0. The van der Waals surface area contributed by atoms with Gasteiger partial charge in [0.05, 0.1) is 6.10 Å². The van der Waals surface area contributed by atoms with Crippen molar-refractivity contribution in [1.29, 1.82) is 0 Å². The predicted molar refractivity (Wildman–Crippen MR) is 36.0 cm³/mol. The largest absolute Gasteiger partial charge is 0.393 e. The normalized spacial score (nSPS) is 56.7.